The summed E-state index contributed by atoms with van der Waals surface area (Å²) in [6.07, 6.45) is 0.997. The fourth-order valence-electron chi connectivity index (χ4n) is 2.28. The van der Waals surface area contributed by atoms with Gasteiger partial charge in [0.25, 0.3) is 4.84 Å². The molecule has 0 amide bonds. The number of fused-ring (bicyclic) bond motifs is 1. The van der Waals surface area contributed by atoms with E-state index >= 15 is 0 Å². The van der Waals surface area contributed by atoms with Crippen LogP contribution in [0.3, 0.4) is 0 Å². The molecule has 0 unspecified atom stereocenters. The summed E-state index contributed by atoms with van der Waals surface area (Å²) >= 11 is 4.90. The maximum Gasteiger partial charge on any atom is 0.284 e. The average molecular weight is 262 g/mol. The zero-order chi connectivity index (χ0) is 12.7. The minimum absolute atomic E-state index is 0.291. The fourth-order valence-corrected chi connectivity index (χ4v) is 2.40. The Morgan fingerprint density at radius 1 is 1.50 bits per heavy atom. The molecule has 18 heavy (non-hydrogen) atoms. The second-order valence-electron chi connectivity index (χ2n) is 4.63. The van der Waals surface area contributed by atoms with Gasteiger partial charge in [-0.2, -0.15) is 0 Å². The average Bonchev–Trinajstić information content (AvgIpc) is 2.75. The molecule has 0 radical (unpaired) electrons. The van der Waals surface area contributed by atoms with Crippen molar-refractivity contribution in [1.82, 2.24) is 20.1 Å². The molecule has 1 aliphatic rings. The van der Waals surface area contributed by atoms with Gasteiger partial charge in [0.1, 0.15) is 0 Å². The largest absolute Gasteiger partial charge is 0.409 e. The predicted octanol–water partition coefficient (Wildman–Crippen LogP) is 2.09. The first-order chi connectivity index (χ1) is 8.63. The van der Waals surface area contributed by atoms with E-state index in [4.69, 9.17) is 16.6 Å². The van der Waals surface area contributed by atoms with E-state index in [2.05, 4.69) is 33.2 Å². The molecule has 0 saturated heterocycles. The third-order valence-corrected chi connectivity index (χ3v) is 3.40. The van der Waals surface area contributed by atoms with Crippen molar-refractivity contribution in [3.8, 4) is 11.5 Å². The Hall–Kier alpha value is -1.53. The highest BCUT2D eigenvalue weighted by Gasteiger charge is 2.18. The van der Waals surface area contributed by atoms with Gasteiger partial charge in [0.05, 0.1) is 11.3 Å². The molecule has 0 spiro atoms. The van der Waals surface area contributed by atoms with E-state index in [0.29, 0.717) is 10.7 Å². The van der Waals surface area contributed by atoms with Crippen molar-refractivity contribution in [2.45, 2.75) is 19.9 Å². The Labute approximate surface area is 110 Å². The van der Waals surface area contributed by atoms with Gasteiger partial charge in [-0.3, -0.25) is 4.98 Å². The van der Waals surface area contributed by atoms with Crippen molar-refractivity contribution >= 4 is 12.2 Å². The van der Waals surface area contributed by atoms with Crippen LogP contribution in [0.4, 0.5) is 0 Å². The second-order valence-corrected chi connectivity index (χ2v) is 5.00. The van der Waals surface area contributed by atoms with Crippen LogP contribution in [0.15, 0.2) is 10.5 Å². The molecular weight excluding hydrogens is 248 g/mol. The van der Waals surface area contributed by atoms with Gasteiger partial charge in [0.2, 0.25) is 5.89 Å². The van der Waals surface area contributed by atoms with Crippen LogP contribution in [0.1, 0.15) is 17.0 Å². The van der Waals surface area contributed by atoms with Crippen LogP contribution in [-0.2, 0) is 13.0 Å². The quantitative estimate of drug-likeness (QED) is 0.797. The first kappa shape index (κ1) is 11.6. The van der Waals surface area contributed by atoms with Gasteiger partial charge in [0, 0.05) is 25.2 Å². The van der Waals surface area contributed by atoms with Gasteiger partial charge in [-0.25, -0.2) is 5.10 Å². The monoisotopic (exact) mass is 262 g/mol. The number of aromatic amines is 1. The molecule has 1 aliphatic heterocycles. The Morgan fingerprint density at radius 3 is 3.06 bits per heavy atom. The number of hydrogen-bond donors (Lipinski definition) is 1. The zero-order valence-electron chi connectivity index (χ0n) is 10.4. The smallest absolute Gasteiger partial charge is 0.284 e. The second kappa shape index (κ2) is 4.29. The Morgan fingerprint density at radius 2 is 2.33 bits per heavy atom. The molecule has 0 saturated carbocycles. The highest BCUT2D eigenvalue weighted by Crippen LogP contribution is 2.25. The van der Waals surface area contributed by atoms with Crippen LogP contribution < -0.4 is 0 Å². The van der Waals surface area contributed by atoms with Crippen molar-refractivity contribution in [3.05, 3.63) is 27.9 Å². The minimum Gasteiger partial charge on any atom is -0.409 e. The molecule has 2 aromatic rings. The summed E-state index contributed by atoms with van der Waals surface area (Å²) in [5, 5.41) is 6.71. The summed E-state index contributed by atoms with van der Waals surface area (Å²) in [7, 11) is 2.11. The molecule has 1 N–H and O–H groups in total. The molecule has 0 fully saturated rings. The Bertz CT molecular complexity index is 646. The van der Waals surface area contributed by atoms with E-state index in [1.165, 1.54) is 11.3 Å². The van der Waals surface area contributed by atoms with Crippen LogP contribution in [0.2, 0.25) is 0 Å². The summed E-state index contributed by atoms with van der Waals surface area (Å²) < 4.78 is 5.36. The molecule has 3 rings (SSSR count). The number of likely N-dealkylation sites (N-methyl/N-ethyl adjacent to an activating group) is 1. The standard InChI is InChI=1S/C12H14N4OS/c1-7-9(11-14-15-12(18)17-11)5-8-6-16(2)4-3-10(8)13-7/h5H,3-4,6H2,1-2H3,(H,15,18). The topological polar surface area (TPSA) is 58.0 Å². The molecule has 0 atom stereocenters. The lowest BCUT2D eigenvalue weighted by Crippen LogP contribution is -2.27. The van der Waals surface area contributed by atoms with Gasteiger partial charge >= 0.3 is 0 Å². The number of nitrogens with one attached hydrogen (secondary N) is 1. The summed E-state index contributed by atoms with van der Waals surface area (Å²) in [5.41, 5.74) is 4.27. The number of H-pyrrole nitrogens is 1. The summed E-state index contributed by atoms with van der Waals surface area (Å²) in [5.74, 6) is 0.515. The number of pyridine rings is 1. The van der Waals surface area contributed by atoms with Gasteiger partial charge < -0.3 is 9.32 Å². The fraction of sp³-hybridized carbons (Fsp3) is 0.417. The van der Waals surface area contributed by atoms with Crippen LogP contribution in [0, 0.1) is 11.8 Å². The van der Waals surface area contributed by atoms with E-state index < -0.39 is 0 Å². The van der Waals surface area contributed by atoms with Crippen molar-refractivity contribution in [2.75, 3.05) is 13.6 Å². The van der Waals surface area contributed by atoms with Crippen LogP contribution in [-0.4, -0.2) is 33.7 Å². The zero-order valence-corrected chi connectivity index (χ0v) is 11.2. The lowest BCUT2D eigenvalue weighted by Gasteiger charge is -2.24. The number of aryl methyl sites for hydroxylation is 1. The van der Waals surface area contributed by atoms with E-state index in [0.717, 1.165) is 30.8 Å². The van der Waals surface area contributed by atoms with E-state index in [1.54, 1.807) is 0 Å². The first-order valence-electron chi connectivity index (χ1n) is 5.87. The third-order valence-electron chi connectivity index (χ3n) is 3.22. The van der Waals surface area contributed by atoms with Crippen LogP contribution >= 0.6 is 12.2 Å². The van der Waals surface area contributed by atoms with Crippen molar-refractivity contribution in [2.24, 2.45) is 0 Å². The predicted molar refractivity (Wildman–Crippen MR) is 69.7 cm³/mol. The molecular formula is C12H14N4OS. The van der Waals surface area contributed by atoms with Crippen molar-refractivity contribution < 1.29 is 4.42 Å². The highest BCUT2D eigenvalue weighted by molar-refractivity contribution is 7.71. The summed E-state index contributed by atoms with van der Waals surface area (Å²) in [6.45, 7) is 3.95. The summed E-state index contributed by atoms with van der Waals surface area (Å²) in [6, 6.07) is 2.11. The Balaban J connectivity index is 2.11. The van der Waals surface area contributed by atoms with E-state index in [9.17, 15) is 0 Å². The molecule has 94 valence electrons. The van der Waals surface area contributed by atoms with E-state index in [1.807, 2.05) is 6.92 Å². The number of aromatic nitrogens is 3. The maximum absolute atomic E-state index is 5.36. The molecule has 0 aliphatic carbocycles. The summed E-state index contributed by atoms with van der Waals surface area (Å²) in [4.78, 5) is 7.23. The van der Waals surface area contributed by atoms with Gasteiger partial charge in [0.15, 0.2) is 0 Å². The minimum atomic E-state index is 0.291. The number of nitrogens with zero attached hydrogens (tertiary/aromatic N) is 3. The van der Waals surface area contributed by atoms with Crippen LogP contribution in [0.25, 0.3) is 11.5 Å². The molecule has 0 aromatic carbocycles. The van der Waals surface area contributed by atoms with Gasteiger partial charge in [-0.15, -0.1) is 5.10 Å². The van der Waals surface area contributed by atoms with Gasteiger partial charge in [-0.1, -0.05) is 0 Å². The molecule has 5 nitrogen and oxygen atoms in total. The van der Waals surface area contributed by atoms with Crippen LogP contribution in [0.5, 0.6) is 0 Å². The first-order valence-corrected chi connectivity index (χ1v) is 6.28. The molecule has 0 bridgehead atoms. The number of hydrogen-bond acceptors (Lipinski definition) is 5. The van der Waals surface area contributed by atoms with Gasteiger partial charge in [-0.05, 0) is 37.8 Å². The maximum atomic E-state index is 5.36. The third kappa shape index (κ3) is 1.97. The normalized spacial score (nSPS) is 15.7. The molecule has 2 aromatic heterocycles. The lowest BCUT2D eigenvalue weighted by molar-refractivity contribution is 0.309. The lowest BCUT2D eigenvalue weighted by atomic mass is 10.0. The SMILES string of the molecule is Cc1nc2c(cc1-c1n[nH]c(=S)o1)CN(C)CC2. The molecule has 3 heterocycles. The molecule has 6 heteroatoms. The van der Waals surface area contributed by atoms with Crippen molar-refractivity contribution in [1.29, 1.82) is 0 Å². The van der Waals surface area contributed by atoms with Crippen molar-refractivity contribution in [3.63, 3.8) is 0 Å². The van der Waals surface area contributed by atoms with E-state index in [-0.39, 0.29) is 0 Å². The Kier molecular flexibility index (Phi) is 2.76. The number of rotatable bonds is 1. The highest BCUT2D eigenvalue weighted by atomic mass is 32.1.